The molecular weight excluding hydrogens is 756 g/mol. The quantitative estimate of drug-likeness (QED) is 0.0886. The standard InChI is InChI=1S/C45H47NOPSi.HI/c1-37(35-38-21-20-33-46-36-38)44(47-49(45(2,3)4,42-28-16-8-17-29-42)43-30-18-9-19-31-43)32-34-48(39-22-10-5-11-23-39,40-24-12-6-13-25-40)41-26-14-7-15-27-41;/h5-31,33,35-36,44H,32,34H2,1-4H3;1H/q+1;/p-1/b37-35+;. The molecule has 0 amide bonds. The molecule has 0 saturated heterocycles. The van der Waals surface area contributed by atoms with Crippen molar-refractivity contribution in [1.29, 1.82) is 0 Å². The summed E-state index contributed by atoms with van der Waals surface area (Å²) in [4.78, 5) is 4.44. The molecule has 254 valence electrons. The molecule has 6 rings (SSSR count). The Balaban J connectivity index is 0.00000486. The minimum absolute atomic E-state index is 0. The molecule has 6 aromatic rings. The number of aromatic nitrogens is 1. The number of hydrogen-bond donors (Lipinski definition) is 0. The average Bonchev–Trinajstić information content (AvgIpc) is 3.15. The van der Waals surface area contributed by atoms with Crippen molar-refractivity contribution in [2.24, 2.45) is 0 Å². The maximum Gasteiger partial charge on any atom is 0.261 e. The highest BCUT2D eigenvalue weighted by Crippen LogP contribution is 2.56. The normalized spacial score (nSPS) is 12.9. The second-order valence-electron chi connectivity index (χ2n) is 13.8. The maximum atomic E-state index is 7.98. The fourth-order valence-corrected chi connectivity index (χ4v) is 16.4. The lowest BCUT2D eigenvalue weighted by molar-refractivity contribution is -0.0000106. The molecule has 0 spiro atoms. The Kier molecular flexibility index (Phi) is 12.8. The summed E-state index contributed by atoms with van der Waals surface area (Å²) in [7, 11) is -4.95. The van der Waals surface area contributed by atoms with Crippen molar-refractivity contribution in [3.05, 3.63) is 187 Å². The fraction of sp³-hybridized carbons (Fsp3) is 0.178. The topological polar surface area (TPSA) is 22.1 Å². The molecule has 1 heterocycles. The summed E-state index contributed by atoms with van der Waals surface area (Å²) in [6.45, 7) is 9.35. The van der Waals surface area contributed by atoms with Gasteiger partial charge in [0.2, 0.25) is 0 Å². The van der Waals surface area contributed by atoms with E-state index < -0.39 is 15.6 Å². The van der Waals surface area contributed by atoms with Crippen molar-refractivity contribution in [1.82, 2.24) is 4.98 Å². The van der Waals surface area contributed by atoms with Gasteiger partial charge in [0.1, 0.15) is 23.2 Å². The van der Waals surface area contributed by atoms with Gasteiger partial charge in [-0.25, -0.2) is 0 Å². The lowest BCUT2D eigenvalue weighted by Crippen LogP contribution is -3.00. The van der Waals surface area contributed by atoms with Gasteiger partial charge in [0.05, 0.1) is 12.3 Å². The van der Waals surface area contributed by atoms with E-state index in [-0.39, 0.29) is 35.1 Å². The first-order chi connectivity index (χ1) is 23.8. The Bertz CT molecular complexity index is 1780. The van der Waals surface area contributed by atoms with Crippen molar-refractivity contribution < 1.29 is 28.4 Å². The van der Waals surface area contributed by atoms with Gasteiger partial charge in [-0.1, -0.05) is 148 Å². The Morgan fingerprint density at radius 2 is 1.06 bits per heavy atom. The van der Waals surface area contributed by atoms with Crippen LogP contribution in [0.25, 0.3) is 6.08 Å². The third kappa shape index (κ3) is 7.95. The van der Waals surface area contributed by atoms with Gasteiger partial charge in [0, 0.05) is 18.8 Å². The van der Waals surface area contributed by atoms with Gasteiger partial charge < -0.3 is 28.4 Å². The smallest absolute Gasteiger partial charge is 0.261 e. The molecule has 0 fully saturated rings. The summed E-state index contributed by atoms with van der Waals surface area (Å²) in [6, 6.07) is 59.8. The zero-order valence-electron chi connectivity index (χ0n) is 29.5. The molecule has 5 aromatic carbocycles. The summed E-state index contributed by atoms with van der Waals surface area (Å²) >= 11 is 0. The number of halogens is 1. The average molecular weight is 804 g/mol. The summed E-state index contributed by atoms with van der Waals surface area (Å²) in [6.07, 6.45) is 7.75. The zero-order chi connectivity index (χ0) is 34.2. The Morgan fingerprint density at radius 1 is 0.640 bits per heavy atom. The van der Waals surface area contributed by atoms with Crippen LogP contribution >= 0.6 is 7.26 Å². The molecule has 50 heavy (non-hydrogen) atoms. The minimum atomic E-state index is -2.87. The molecule has 5 heteroatoms. The molecule has 0 aliphatic rings. The summed E-state index contributed by atoms with van der Waals surface area (Å²) in [5.74, 6) is 0. The number of rotatable bonds is 12. The SMILES string of the molecule is C/C(=C\c1cccnc1)C(CC[P+](c1ccccc1)(c1ccccc1)c1ccccc1)O[Si](c1ccccc1)(c1ccccc1)C(C)(C)C.[I-]. The monoisotopic (exact) mass is 803 g/mol. The predicted octanol–water partition coefficient (Wildman–Crippen LogP) is 5.82. The summed E-state index contributed by atoms with van der Waals surface area (Å²) in [5, 5.41) is 6.63. The highest BCUT2D eigenvalue weighted by Gasteiger charge is 2.52. The second-order valence-corrected chi connectivity index (χ2v) is 21.6. The third-order valence-corrected chi connectivity index (χ3v) is 19.2. The van der Waals surface area contributed by atoms with Gasteiger partial charge >= 0.3 is 0 Å². The molecular formula is C45H47INOPSi. The number of hydrogen-bond acceptors (Lipinski definition) is 2. The van der Waals surface area contributed by atoms with Crippen molar-refractivity contribution >= 4 is 47.9 Å². The predicted molar refractivity (Wildman–Crippen MR) is 215 cm³/mol. The molecule has 0 aliphatic carbocycles. The highest BCUT2D eigenvalue weighted by molar-refractivity contribution is 7.95. The van der Waals surface area contributed by atoms with Crippen molar-refractivity contribution in [3.8, 4) is 0 Å². The third-order valence-electron chi connectivity index (χ3n) is 9.64. The molecule has 1 aromatic heterocycles. The van der Waals surface area contributed by atoms with Gasteiger partial charge in [0.25, 0.3) is 8.32 Å². The molecule has 0 N–H and O–H groups in total. The van der Waals surface area contributed by atoms with E-state index in [0.29, 0.717) is 0 Å². The van der Waals surface area contributed by atoms with Crippen LogP contribution in [0.15, 0.2) is 182 Å². The first-order valence-electron chi connectivity index (χ1n) is 17.3. The maximum absolute atomic E-state index is 7.98. The van der Waals surface area contributed by atoms with Gasteiger partial charge in [-0.3, -0.25) is 4.98 Å². The van der Waals surface area contributed by atoms with Gasteiger partial charge in [-0.15, -0.1) is 0 Å². The van der Waals surface area contributed by atoms with Crippen molar-refractivity contribution in [3.63, 3.8) is 0 Å². The lowest BCUT2D eigenvalue weighted by atomic mass is 10.1. The van der Waals surface area contributed by atoms with E-state index in [1.54, 1.807) is 0 Å². The Morgan fingerprint density at radius 3 is 1.44 bits per heavy atom. The number of benzene rings is 5. The summed E-state index contributed by atoms with van der Waals surface area (Å²) in [5.41, 5.74) is 2.31. The van der Waals surface area contributed by atoms with E-state index in [2.05, 4.69) is 196 Å². The molecule has 1 unspecified atom stereocenters. The van der Waals surface area contributed by atoms with Crippen molar-refractivity contribution in [2.45, 2.75) is 45.3 Å². The number of nitrogens with zero attached hydrogens (tertiary/aromatic N) is 1. The molecule has 0 radical (unpaired) electrons. The van der Waals surface area contributed by atoms with E-state index in [4.69, 9.17) is 4.43 Å². The second kappa shape index (κ2) is 17.0. The van der Waals surface area contributed by atoms with Crippen LogP contribution in [-0.2, 0) is 4.43 Å². The van der Waals surface area contributed by atoms with Crippen molar-refractivity contribution in [2.75, 3.05) is 6.16 Å². The van der Waals surface area contributed by atoms with Gasteiger partial charge in [-0.05, 0) is 75.9 Å². The van der Waals surface area contributed by atoms with E-state index in [1.807, 2.05) is 18.5 Å². The van der Waals surface area contributed by atoms with Gasteiger partial charge in [0.15, 0.2) is 0 Å². The molecule has 2 nitrogen and oxygen atoms in total. The molecule has 1 atom stereocenters. The van der Waals surface area contributed by atoms with Crippen LogP contribution in [0.1, 0.15) is 39.7 Å². The van der Waals surface area contributed by atoms with Crippen LogP contribution in [0.5, 0.6) is 0 Å². The van der Waals surface area contributed by atoms with Crippen LogP contribution in [0, 0.1) is 0 Å². The first-order valence-corrected chi connectivity index (χ1v) is 21.1. The zero-order valence-corrected chi connectivity index (χ0v) is 33.5. The summed E-state index contributed by atoms with van der Waals surface area (Å²) < 4.78 is 7.98. The Hall–Kier alpha value is -3.67. The Labute approximate surface area is 318 Å². The van der Waals surface area contributed by atoms with E-state index in [9.17, 15) is 0 Å². The lowest BCUT2D eigenvalue weighted by Gasteiger charge is -2.45. The highest BCUT2D eigenvalue weighted by atomic mass is 127. The van der Waals surface area contributed by atoms with Crippen LogP contribution in [-0.4, -0.2) is 25.6 Å². The van der Waals surface area contributed by atoms with E-state index in [0.717, 1.165) is 18.1 Å². The largest absolute Gasteiger partial charge is 1.00 e. The fourth-order valence-electron chi connectivity index (χ4n) is 7.29. The minimum Gasteiger partial charge on any atom is -1.00 e. The number of pyridine rings is 1. The molecule has 0 saturated carbocycles. The van der Waals surface area contributed by atoms with Crippen LogP contribution in [0.4, 0.5) is 0 Å². The van der Waals surface area contributed by atoms with E-state index in [1.165, 1.54) is 31.9 Å². The molecule has 0 bridgehead atoms. The van der Waals surface area contributed by atoms with Crippen LogP contribution < -0.4 is 50.3 Å². The van der Waals surface area contributed by atoms with Crippen LogP contribution in [0.3, 0.4) is 0 Å². The van der Waals surface area contributed by atoms with E-state index >= 15 is 0 Å². The van der Waals surface area contributed by atoms with Crippen LogP contribution in [0.2, 0.25) is 5.04 Å². The first kappa shape index (κ1) is 37.6. The van der Waals surface area contributed by atoms with Gasteiger partial charge in [-0.2, -0.15) is 0 Å². The molecule has 0 aliphatic heterocycles.